The Bertz CT molecular complexity index is 320. The minimum absolute atomic E-state index is 0.124. The molecule has 0 aliphatic rings. The second-order valence-electron chi connectivity index (χ2n) is 5.71. The molecule has 6 heteroatoms. The van der Waals surface area contributed by atoms with Crippen molar-refractivity contribution in [1.82, 2.24) is 10.2 Å². The van der Waals surface area contributed by atoms with Gasteiger partial charge in [0.1, 0.15) is 0 Å². The summed E-state index contributed by atoms with van der Waals surface area (Å²) in [5.41, 5.74) is -0.930. The molecule has 0 heterocycles. The molecule has 0 fully saturated rings. The Kier molecular flexibility index (Phi) is 8.22. The van der Waals surface area contributed by atoms with Crippen LogP contribution in [-0.2, 0) is 9.53 Å². The van der Waals surface area contributed by atoms with Gasteiger partial charge in [-0.05, 0) is 19.3 Å². The highest BCUT2D eigenvalue weighted by Gasteiger charge is 2.32. The van der Waals surface area contributed by atoms with Gasteiger partial charge in [-0.1, -0.05) is 20.8 Å². The van der Waals surface area contributed by atoms with Gasteiger partial charge in [0.2, 0.25) is 0 Å². The van der Waals surface area contributed by atoms with Crippen LogP contribution in [0.2, 0.25) is 0 Å². The lowest BCUT2D eigenvalue weighted by Gasteiger charge is -2.28. The fourth-order valence-corrected chi connectivity index (χ4v) is 1.65. The maximum Gasteiger partial charge on any atom is 0.317 e. The molecular formula is C14H28N2O4. The van der Waals surface area contributed by atoms with E-state index < -0.39 is 11.4 Å². The van der Waals surface area contributed by atoms with Gasteiger partial charge in [-0.2, -0.15) is 0 Å². The van der Waals surface area contributed by atoms with Crippen molar-refractivity contribution in [3.05, 3.63) is 0 Å². The summed E-state index contributed by atoms with van der Waals surface area (Å²) in [6, 6.07) is -0.239. The molecular weight excluding hydrogens is 260 g/mol. The molecule has 20 heavy (non-hydrogen) atoms. The Balaban J connectivity index is 4.55. The van der Waals surface area contributed by atoms with Crippen molar-refractivity contribution < 1.29 is 19.4 Å². The molecule has 0 spiro atoms. The smallest absolute Gasteiger partial charge is 0.317 e. The summed E-state index contributed by atoms with van der Waals surface area (Å²) >= 11 is 0. The van der Waals surface area contributed by atoms with Gasteiger partial charge in [-0.3, -0.25) is 4.79 Å². The van der Waals surface area contributed by atoms with E-state index in [0.717, 1.165) is 0 Å². The van der Waals surface area contributed by atoms with Crippen LogP contribution in [0.25, 0.3) is 0 Å². The average Bonchev–Trinajstić information content (AvgIpc) is 2.39. The maximum absolute atomic E-state index is 12.1. The summed E-state index contributed by atoms with van der Waals surface area (Å²) in [7, 11) is 1.59. The number of amides is 2. The first-order valence-corrected chi connectivity index (χ1v) is 7.02. The van der Waals surface area contributed by atoms with Crippen LogP contribution in [0.5, 0.6) is 0 Å². The topological polar surface area (TPSA) is 78.9 Å². The van der Waals surface area contributed by atoms with Crippen LogP contribution in [0.15, 0.2) is 0 Å². The SMILES string of the molecule is CCC(C)(CNC(=O)N(CCOC)CC(C)C)C(=O)O. The molecule has 2 amide bonds. The number of carbonyl (C=O) groups excluding carboxylic acids is 1. The van der Waals surface area contributed by atoms with Gasteiger partial charge in [-0.15, -0.1) is 0 Å². The van der Waals surface area contributed by atoms with Crippen LogP contribution in [-0.4, -0.2) is 55.4 Å². The number of hydrogen-bond donors (Lipinski definition) is 2. The summed E-state index contributed by atoms with van der Waals surface area (Å²) in [5.74, 6) is -0.553. The number of carboxylic acids is 1. The van der Waals surface area contributed by atoms with Crippen molar-refractivity contribution in [2.75, 3.05) is 33.4 Å². The van der Waals surface area contributed by atoms with E-state index in [9.17, 15) is 14.7 Å². The van der Waals surface area contributed by atoms with Crippen LogP contribution in [0.4, 0.5) is 4.79 Å². The molecule has 0 rings (SSSR count). The fraction of sp³-hybridized carbons (Fsp3) is 0.857. The monoisotopic (exact) mass is 288 g/mol. The number of rotatable bonds is 9. The van der Waals surface area contributed by atoms with Crippen molar-refractivity contribution in [2.24, 2.45) is 11.3 Å². The lowest BCUT2D eigenvalue weighted by molar-refractivity contribution is -0.147. The first-order chi connectivity index (χ1) is 9.26. The molecule has 1 unspecified atom stereocenters. The van der Waals surface area contributed by atoms with Crippen molar-refractivity contribution in [3.8, 4) is 0 Å². The molecule has 0 saturated carbocycles. The van der Waals surface area contributed by atoms with Crippen molar-refractivity contribution in [2.45, 2.75) is 34.1 Å². The van der Waals surface area contributed by atoms with Crippen molar-refractivity contribution in [3.63, 3.8) is 0 Å². The molecule has 0 aromatic carbocycles. The largest absolute Gasteiger partial charge is 0.481 e. The molecule has 0 saturated heterocycles. The first kappa shape index (κ1) is 18.7. The van der Waals surface area contributed by atoms with Gasteiger partial charge in [0.15, 0.2) is 0 Å². The molecule has 0 radical (unpaired) electrons. The molecule has 6 nitrogen and oxygen atoms in total. The molecule has 0 aromatic rings. The van der Waals surface area contributed by atoms with Crippen LogP contribution in [0, 0.1) is 11.3 Å². The zero-order chi connectivity index (χ0) is 15.8. The predicted octanol–water partition coefficient (Wildman–Crippen LogP) is 1.80. The number of nitrogens with one attached hydrogen (secondary N) is 1. The number of ether oxygens (including phenoxy) is 1. The highest BCUT2D eigenvalue weighted by molar-refractivity contribution is 5.77. The third-order valence-corrected chi connectivity index (χ3v) is 3.36. The van der Waals surface area contributed by atoms with E-state index >= 15 is 0 Å². The first-order valence-electron chi connectivity index (χ1n) is 7.02. The van der Waals surface area contributed by atoms with E-state index in [1.165, 1.54) is 0 Å². The molecule has 2 N–H and O–H groups in total. The Morgan fingerprint density at radius 3 is 2.40 bits per heavy atom. The third-order valence-electron chi connectivity index (χ3n) is 3.36. The number of carbonyl (C=O) groups is 2. The summed E-state index contributed by atoms with van der Waals surface area (Å²) < 4.78 is 4.99. The van der Waals surface area contributed by atoms with Gasteiger partial charge in [0.25, 0.3) is 0 Å². The van der Waals surface area contributed by atoms with E-state index in [1.54, 1.807) is 25.9 Å². The molecule has 0 bridgehead atoms. The normalized spacial score (nSPS) is 13.9. The van der Waals surface area contributed by atoms with E-state index in [0.29, 0.717) is 32.0 Å². The number of aliphatic carboxylic acids is 1. The second kappa shape index (κ2) is 8.79. The van der Waals surface area contributed by atoms with Gasteiger partial charge in [0, 0.05) is 26.7 Å². The molecule has 1 atom stereocenters. The highest BCUT2D eigenvalue weighted by atomic mass is 16.5. The van der Waals surface area contributed by atoms with Crippen molar-refractivity contribution >= 4 is 12.0 Å². The Morgan fingerprint density at radius 1 is 1.40 bits per heavy atom. The lowest BCUT2D eigenvalue weighted by atomic mass is 9.88. The Morgan fingerprint density at radius 2 is 2.00 bits per heavy atom. The van der Waals surface area contributed by atoms with Crippen LogP contribution in [0.1, 0.15) is 34.1 Å². The standard InChI is InChI=1S/C14H28N2O4/c1-6-14(4,12(17)18)10-15-13(19)16(7-8-20-5)9-11(2)3/h11H,6-10H2,1-5H3,(H,15,19)(H,17,18). The summed E-state index contributed by atoms with van der Waals surface area (Å²) in [4.78, 5) is 25.0. The van der Waals surface area contributed by atoms with Crippen LogP contribution in [0.3, 0.4) is 0 Å². The van der Waals surface area contributed by atoms with Gasteiger partial charge in [0.05, 0.1) is 12.0 Å². The van der Waals surface area contributed by atoms with E-state index in [1.807, 2.05) is 13.8 Å². The quantitative estimate of drug-likeness (QED) is 0.678. The van der Waals surface area contributed by atoms with Gasteiger partial charge in [-0.25, -0.2) is 4.79 Å². The minimum atomic E-state index is -0.930. The third kappa shape index (κ3) is 6.23. The lowest BCUT2D eigenvalue weighted by Crippen LogP contribution is -2.48. The predicted molar refractivity (Wildman–Crippen MR) is 77.7 cm³/mol. The molecule has 0 aromatic heterocycles. The molecule has 0 aliphatic heterocycles. The number of urea groups is 1. The van der Waals surface area contributed by atoms with E-state index in [2.05, 4.69) is 5.32 Å². The van der Waals surface area contributed by atoms with E-state index in [4.69, 9.17) is 4.74 Å². The highest BCUT2D eigenvalue weighted by Crippen LogP contribution is 2.20. The van der Waals surface area contributed by atoms with Gasteiger partial charge < -0.3 is 20.1 Å². The van der Waals surface area contributed by atoms with Gasteiger partial charge >= 0.3 is 12.0 Å². The zero-order valence-corrected chi connectivity index (χ0v) is 13.2. The number of nitrogens with zero attached hydrogens (tertiary/aromatic N) is 1. The summed E-state index contributed by atoms with van der Waals surface area (Å²) in [5, 5.41) is 11.9. The number of carboxylic acid groups (broad SMARTS) is 1. The Hall–Kier alpha value is -1.30. The summed E-state index contributed by atoms with van der Waals surface area (Å²) in [6.07, 6.45) is 0.463. The molecule has 0 aliphatic carbocycles. The number of methoxy groups -OCH3 is 1. The summed E-state index contributed by atoms with van der Waals surface area (Å²) in [6.45, 7) is 9.19. The molecule has 118 valence electrons. The fourth-order valence-electron chi connectivity index (χ4n) is 1.65. The van der Waals surface area contributed by atoms with Crippen molar-refractivity contribution in [1.29, 1.82) is 0 Å². The van der Waals surface area contributed by atoms with E-state index in [-0.39, 0.29) is 12.6 Å². The average molecular weight is 288 g/mol. The Labute approximate surface area is 121 Å². The second-order valence-corrected chi connectivity index (χ2v) is 5.71. The maximum atomic E-state index is 12.1. The minimum Gasteiger partial charge on any atom is -0.481 e. The van der Waals surface area contributed by atoms with Crippen LogP contribution >= 0.6 is 0 Å². The number of hydrogen-bond acceptors (Lipinski definition) is 3. The zero-order valence-electron chi connectivity index (χ0n) is 13.2. The van der Waals surface area contributed by atoms with Crippen LogP contribution < -0.4 is 5.32 Å².